The molecule has 0 aliphatic rings. The summed E-state index contributed by atoms with van der Waals surface area (Å²) in [5, 5.41) is 8.77. The lowest BCUT2D eigenvalue weighted by molar-refractivity contribution is -0.130. The van der Waals surface area contributed by atoms with E-state index in [9.17, 15) is 9.59 Å². The Balaban J connectivity index is 2.03. The Morgan fingerprint density at radius 1 is 1.16 bits per heavy atom. The highest BCUT2D eigenvalue weighted by atomic mass is 16.5. The average molecular weight is 334 g/mol. The predicted octanol–water partition coefficient (Wildman–Crippen LogP) is 2.92. The van der Waals surface area contributed by atoms with Crippen LogP contribution in [0.1, 0.15) is 21.5 Å². The first-order valence-corrected chi connectivity index (χ1v) is 7.65. The second kappa shape index (κ2) is 8.46. The van der Waals surface area contributed by atoms with E-state index < -0.39 is 0 Å². The van der Waals surface area contributed by atoms with Crippen LogP contribution in [-0.2, 0) is 4.79 Å². The topological polar surface area (TPSA) is 70.4 Å². The zero-order valence-electron chi connectivity index (χ0n) is 14.1. The molecule has 25 heavy (non-hydrogen) atoms. The lowest BCUT2D eigenvalue weighted by atomic mass is 10.1. The Morgan fingerprint density at radius 2 is 1.88 bits per heavy atom. The van der Waals surface area contributed by atoms with E-state index in [4.69, 9.17) is 10.00 Å². The fourth-order valence-corrected chi connectivity index (χ4v) is 1.95. The zero-order valence-corrected chi connectivity index (χ0v) is 14.1. The first-order chi connectivity index (χ1) is 12.0. The summed E-state index contributed by atoms with van der Waals surface area (Å²) in [6, 6.07) is 15.7. The van der Waals surface area contributed by atoms with Gasteiger partial charge in [-0.15, -0.1) is 0 Å². The van der Waals surface area contributed by atoms with Crippen LogP contribution in [0.3, 0.4) is 0 Å². The predicted molar refractivity (Wildman–Crippen MR) is 95.2 cm³/mol. The number of ketones is 1. The van der Waals surface area contributed by atoms with Gasteiger partial charge in [-0.3, -0.25) is 9.59 Å². The largest absolute Gasteiger partial charge is 0.484 e. The molecule has 0 aliphatic carbocycles. The molecule has 0 unspecified atom stereocenters. The first-order valence-electron chi connectivity index (χ1n) is 7.65. The summed E-state index contributed by atoms with van der Waals surface area (Å²) in [5.74, 6) is 0.138. The lowest BCUT2D eigenvalue weighted by Gasteiger charge is -2.11. The van der Waals surface area contributed by atoms with E-state index in [2.05, 4.69) is 0 Å². The molecule has 0 fully saturated rings. The number of carbonyl (C=O) groups excluding carboxylic acids is 2. The average Bonchev–Trinajstić information content (AvgIpc) is 2.64. The summed E-state index contributed by atoms with van der Waals surface area (Å²) < 4.78 is 5.41. The quantitative estimate of drug-likeness (QED) is 0.601. The molecule has 5 nitrogen and oxygen atoms in total. The molecular formula is C20H18N2O3. The number of hydrogen-bond donors (Lipinski definition) is 0. The molecule has 2 rings (SSSR count). The second-order valence-corrected chi connectivity index (χ2v) is 5.54. The Hall–Kier alpha value is -3.39. The van der Waals surface area contributed by atoms with E-state index in [0.717, 1.165) is 5.56 Å². The Bertz CT molecular complexity index is 831. The molecule has 2 aromatic carbocycles. The molecule has 0 atom stereocenters. The maximum atomic E-state index is 12.3. The van der Waals surface area contributed by atoms with Crippen molar-refractivity contribution in [3.05, 3.63) is 71.3 Å². The number of nitriles is 1. The third-order valence-corrected chi connectivity index (χ3v) is 3.45. The van der Waals surface area contributed by atoms with Crippen LogP contribution in [0.5, 0.6) is 5.75 Å². The van der Waals surface area contributed by atoms with Crippen LogP contribution in [0.4, 0.5) is 0 Å². The van der Waals surface area contributed by atoms with Crippen LogP contribution in [0, 0.1) is 11.3 Å². The maximum Gasteiger partial charge on any atom is 0.259 e. The highest BCUT2D eigenvalue weighted by Gasteiger charge is 2.07. The van der Waals surface area contributed by atoms with Crippen LogP contribution >= 0.6 is 0 Å². The molecule has 0 N–H and O–H groups in total. The molecule has 0 aliphatic heterocycles. The smallest absolute Gasteiger partial charge is 0.259 e. The van der Waals surface area contributed by atoms with Crippen molar-refractivity contribution in [3.63, 3.8) is 0 Å². The monoisotopic (exact) mass is 334 g/mol. The zero-order chi connectivity index (χ0) is 18.2. The van der Waals surface area contributed by atoms with Crippen LogP contribution in [0.25, 0.3) is 6.08 Å². The molecule has 0 heterocycles. The van der Waals surface area contributed by atoms with Gasteiger partial charge in [0.15, 0.2) is 12.4 Å². The van der Waals surface area contributed by atoms with Gasteiger partial charge in [0, 0.05) is 19.7 Å². The van der Waals surface area contributed by atoms with Crippen LogP contribution in [0.2, 0.25) is 0 Å². The molecule has 5 heteroatoms. The van der Waals surface area contributed by atoms with Gasteiger partial charge in [-0.05, 0) is 35.9 Å². The van der Waals surface area contributed by atoms with Gasteiger partial charge in [0.2, 0.25) is 0 Å². The number of rotatable bonds is 6. The Labute approximate surface area is 146 Å². The summed E-state index contributed by atoms with van der Waals surface area (Å²) in [5.41, 5.74) is 1.87. The van der Waals surface area contributed by atoms with E-state index in [1.54, 1.807) is 68.7 Å². The van der Waals surface area contributed by atoms with Crippen molar-refractivity contribution in [2.75, 3.05) is 20.7 Å². The van der Waals surface area contributed by atoms with E-state index in [1.807, 2.05) is 6.07 Å². The number of likely N-dealkylation sites (N-methyl/N-ethyl adjacent to an activating group) is 1. The number of nitrogens with zero attached hydrogens (tertiary/aromatic N) is 2. The van der Waals surface area contributed by atoms with E-state index >= 15 is 0 Å². The van der Waals surface area contributed by atoms with Crippen molar-refractivity contribution in [2.24, 2.45) is 0 Å². The van der Waals surface area contributed by atoms with E-state index in [-0.39, 0.29) is 18.3 Å². The van der Waals surface area contributed by atoms with E-state index in [1.165, 1.54) is 11.0 Å². The second-order valence-electron chi connectivity index (χ2n) is 5.54. The molecule has 0 bridgehead atoms. The Kier molecular flexibility index (Phi) is 6.08. The molecule has 0 radical (unpaired) electrons. The maximum absolute atomic E-state index is 12.3. The lowest BCUT2D eigenvalue weighted by Crippen LogP contribution is -2.27. The number of amides is 1. The summed E-state index contributed by atoms with van der Waals surface area (Å²) in [6.07, 6.45) is 3.15. The van der Waals surface area contributed by atoms with Crippen molar-refractivity contribution in [3.8, 4) is 11.8 Å². The van der Waals surface area contributed by atoms with Crippen molar-refractivity contribution >= 4 is 17.8 Å². The fraction of sp³-hybridized carbons (Fsp3) is 0.150. The first kappa shape index (κ1) is 18.0. The number of benzene rings is 2. The van der Waals surface area contributed by atoms with Crippen molar-refractivity contribution < 1.29 is 14.3 Å². The highest BCUT2D eigenvalue weighted by Crippen LogP contribution is 2.15. The van der Waals surface area contributed by atoms with Gasteiger partial charge in [0.1, 0.15) is 5.75 Å². The summed E-state index contributed by atoms with van der Waals surface area (Å²) in [6.45, 7) is -0.0777. The summed E-state index contributed by atoms with van der Waals surface area (Å²) in [7, 11) is 3.30. The minimum absolute atomic E-state index is 0.0777. The highest BCUT2D eigenvalue weighted by molar-refractivity contribution is 6.07. The molecule has 2 aromatic rings. The van der Waals surface area contributed by atoms with Gasteiger partial charge < -0.3 is 9.64 Å². The number of allylic oxidation sites excluding steroid dienone is 1. The van der Waals surface area contributed by atoms with Crippen LogP contribution in [0.15, 0.2) is 54.6 Å². The van der Waals surface area contributed by atoms with Crippen LogP contribution in [-0.4, -0.2) is 37.3 Å². The molecule has 0 spiro atoms. The van der Waals surface area contributed by atoms with E-state index in [0.29, 0.717) is 16.9 Å². The third-order valence-electron chi connectivity index (χ3n) is 3.45. The van der Waals surface area contributed by atoms with Gasteiger partial charge in [0.25, 0.3) is 5.91 Å². The number of hydrogen-bond acceptors (Lipinski definition) is 4. The van der Waals surface area contributed by atoms with Gasteiger partial charge in [0.05, 0.1) is 11.6 Å². The SMILES string of the molecule is CN(C)C(=O)COc1cccc(C(=O)/C=C\c2ccc(C#N)cc2)c1. The van der Waals surface area contributed by atoms with Crippen molar-refractivity contribution in [1.82, 2.24) is 4.90 Å². The number of ether oxygens (including phenoxy) is 1. The molecular weight excluding hydrogens is 316 g/mol. The van der Waals surface area contributed by atoms with Crippen molar-refractivity contribution in [2.45, 2.75) is 0 Å². The summed E-state index contributed by atoms with van der Waals surface area (Å²) in [4.78, 5) is 25.3. The minimum Gasteiger partial charge on any atom is -0.484 e. The Morgan fingerprint density at radius 3 is 2.52 bits per heavy atom. The van der Waals surface area contributed by atoms with Crippen LogP contribution < -0.4 is 4.74 Å². The minimum atomic E-state index is -0.172. The molecule has 1 amide bonds. The van der Waals surface area contributed by atoms with Crippen molar-refractivity contribution in [1.29, 1.82) is 5.26 Å². The molecule has 0 saturated carbocycles. The van der Waals surface area contributed by atoms with Gasteiger partial charge in [-0.2, -0.15) is 5.26 Å². The standard InChI is InChI=1S/C20H18N2O3/c1-22(2)20(24)14-25-18-5-3-4-17(12-18)19(23)11-10-15-6-8-16(13-21)9-7-15/h3-12H,14H2,1-2H3/b11-10-. The molecule has 0 saturated heterocycles. The summed E-state index contributed by atoms with van der Waals surface area (Å²) >= 11 is 0. The molecule has 126 valence electrons. The molecule has 0 aromatic heterocycles. The third kappa shape index (κ3) is 5.33. The van der Waals surface area contributed by atoms with Gasteiger partial charge in [-0.25, -0.2) is 0 Å². The number of carbonyl (C=O) groups is 2. The van der Waals surface area contributed by atoms with Gasteiger partial charge in [-0.1, -0.05) is 30.3 Å². The fourth-order valence-electron chi connectivity index (χ4n) is 1.95. The normalized spacial score (nSPS) is 10.3. The van der Waals surface area contributed by atoms with Gasteiger partial charge >= 0.3 is 0 Å².